The van der Waals surface area contributed by atoms with Crippen molar-refractivity contribution in [3.05, 3.63) is 122 Å². The molecule has 0 saturated carbocycles. The molecule has 0 aliphatic heterocycles. The Hall–Kier alpha value is -5.53. The molecule has 0 radical (unpaired) electrons. The Morgan fingerprint density at radius 3 is 1.56 bits per heavy atom. The van der Waals surface area contributed by atoms with Gasteiger partial charge in [-0.1, -0.05) is 24.3 Å². The first kappa shape index (κ1) is 42.5. The number of aromatic nitrogens is 4. The first-order valence-corrected chi connectivity index (χ1v) is 13.1. The van der Waals surface area contributed by atoms with Crippen LogP contribution in [-0.4, -0.2) is 43.6 Å². The van der Waals surface area contributed by atoms with E-state index in [1.807, 2.05) is 0 Å². The number of carbonyl (C=O) groups is 1. The van der Waals surface area contributed by atoms with Crippen molar-refractivity contribution in [3.8, 4) is 11.5 Å². The quantitative estimate of drug-likeness (QED) is 0.110. The van der Waals surface area contributed by atoms with Crippen LogP contribution in [0.5, 0.6) is 11.5 Å². The Balaban J connectivity index is 0.000000760. The van der Waals surface area contributed by atoms with Crippen LogP contribution >= 0.6 is 0 Å². The van der Waals surface area contributed by atoms with E-state index in [2.05, 4.69) is 5.18 Å². The van der Waals surface area contributed by atoms with Gasteiger partial charge in [0.05, 0.1) is 27.3 Å². The van der Waals surface area contributed by atoms with E-state index < -0.39 is 34.2 Å². The minimum Gasteiger partial charge on any atom is -0.497 e. The molecule has 19 nitrogen and oxygen atoms in total. The summed E-state index contributed by atoms with van der Waals surface area (Å²) < 4.78 is 14.4. The number of aliphatic carboxylic acids is 1. The first-order chi connectivity index (χ1) is 22.2. The molecule has 4 rings (SSSR count). The summed E-state index contributed by atoms with van der Waals surface area (Å²) in [4.78, 5) is 75.6. The second-order valence-electron chi connectivity index (χ2n) is 9.18. The average Bonchev–Trinajstić information content (AvgIpc) is 3.04. The Morgan fingerprint density at radius 1 is 0.812 bits per heavy atom. The molecule has 2 aromatic heterocycles. The van der Waals surface area contributed by atoms with Crippen LogP contribution in [0.4, 0.5) is 17.3 Å². The van der Waals surface area contributed by atoms with Gasteiger partial charge < -0.3 is 36.2 Å². The van der Waals surface area contributed by atoms with Crippen LogP contribution in [0.3, 0.4) is 0 Å². The molecular weight excluding hydrogens is 647 g/mol. The van der Waals surface area contributed by atoms with Gasteiger partial charge in [-0.05, 0) is 40.6 Å². The van der Waals surface area contributed by atoms with Crippen LogP contribution in [-0.2, 0) is 32.0 Å². The summed E-state index contributed by atoms with van der Waals surface area (Å²) in [7, 11) is 6.02. The maximum atomic E-state index is 12.1. The summed E-state index contributed by atoms with van der Waals surface area (Å²) in [5.74, 6) is 0.458. The molecule has 5 N–H and O–H groups in total. The number of hydrogen-bond acceptors (Lipinski definition) is 14. The van der Waals surface area contributed by atoms with Gasteiger partial charge in [-0.15, -0.1) is 10.2 Å². The van der Waals surface area contributed by atoms with Crippen molar-refractivity contribution >= 4 is 23.3 Å². The normalized spacial score (nSPS) is 9.44. The van der Waals surface area contributed by atoms with Crippen LogP contribution in [0.15, 0.2) is 84.3 Å². The van der Waals surface area contributed by atoms with Gasteiger partial charge in [0.15, 0.2) is 0 Å². The van der Waals surface area contributed by atoms with Crippen LogP contribution in [0, 0.1) is 15.0 Å². The number of hydrogen-bond donors (Lipinski definition) is 3. The third kappa shape index (κ3) is 12.0. The maximum absolute atomic E-state index is 12.1. The van der Waals surface area contributed by atoms with Crippen molar-refractivity contribution in [1.29, 1.82) is 0 Å². The second kappa shape index (κ2) is 20.6. The van der Waals surface area contributed by atoms with E-state index in [4.69, 9.17) is 41.0 Å². The van der Waals surface area contributed by atoms with Gasteiger partial charge in [0.1, 0.15) is 23.1 Å². The minimum atomic E-state index is -0.833. The predicted molar refractivity (Wildman–Crippen MR) is 173 cm³/mol. The third-order valence-corrected chi connectivity index (χ3v) is 6.10. The second-order valence-corrected chi connectivity index (χ2v) is 9.18. The molecule has 0 bridgehead atoms. The van der Waals surface area contributed by atoms with Crippen molar-refractivity contribution in [2.24, 2.45) is 24.6 Å². The zero-order valence-corrected chi connectivity index (χ0v) is 29.0. The van der Waals surface area contributed by atoms with E-state index >= 15 is 0 Å². The van der Waals surface area contributed by atoms with Crippen molar-refractivity contribution in [1.82, 2.24) is 18.3 Å². The van der Waals surface area contributed by atoms with E-state index in [0.717, 1.165) is 37.3 Å². The van der Waals surface area contributed by atoms with E-state index in [1.54, 1.807) is 55.6 Å². The number of rotatable bonds is 7. The van der Waals surface area contributed by atoms with E-state index in [-0.39, 0.29) is 54.3 Å². The topological polar surface area (TPSA) is 278 Å². The van der Waals surface area contributed by atoms with Crippen LogP contribution in [0.2, 0.25) is 0 Å². The third-order valence-electron chi connectivity index (χ3n) is 6.10. The van der Waals surface area contributed by atoms with Gasteiger partial charge in [-0.3, -0.25) is 32.7 Å². The number of nitroso groups, excluding NO2 is 1. The van der Waals surface area contributed by atoms with E-state index in [1.165, 1.54) is 31.8 Å². The first-order valence-electron chi connectivity index (χ1n) is 13.1. The summed E-state index contributed by atoms with van der Waals surface area (Å²) in [5, 5.41) is 19.0. The molecule has 4 aromatic rings. The molecule has 48 heavy (non-hydrogen) atoms. The zero-order chi connectivity index (χ0) is 35.8. The molecular formula is C28H33N8NaO11. The number of nitrogens with two attached hydrogens (primary N) is 2. The maximum Gasteiger partial charge on any atom is 1.00 e. The van der Waals surface area contributed by atoms with E-state index in [0.29, 0.717) is 11.3 Å². The monoisotopic (exact) mass is 680 g/mol. The zero-order valence-electron chi connectivity index (χ0n) is 27.0. The molecule has 0 aliphatic rings. The van der Waals surface area contributed by atoms with Gasteiger partial charge >= 0.3 is 40.9 Å². The molecule has 0 amide bonds. The fourth-order valence-corrected chi connectivity index (χ4v) is 3.65. The van der Waals surface area contributed by atoms with Gasteiger partial charge in [0.2, 0.25) is 5.69 Å². The Morgan fingerprint density at radius 2 is 1.19 bits per heavy atom. The van der Waals surface area contributed by atoms with Crippen molar-refractivity contribution < 1.29 is 48.9 Å². The molecule has 0 saturated heterocycles. The number of ether oxygens (including phenoxy) is 2. The summed E-state index contributed by atoms with van der Waals surface area (Å²) in [6.07, 6.45) is 0. The summed E-state index contributed by atoms with van der Waals surface area (Å²) in [6, 6.07) is 15.3. The molecule has 2 aromatic carbocycles. The smallest absolute Gasteiger partial charge is 0.497 e. The van der Waals surface area contributed by atoms with Gasteiger partial charge in [-0.25, -0.2) is 9.59 Å². The summed E-state index contributed by atoms with van der Waals surface area (Å²) in [5.41, 5.74) is 9.91. The summed E-state index contributed by atoms with van der Waals surface area (Å²) in [6.45, 7) is 1.30. The standard InChI is InChI=1S/C13H14N4O4.C13H15N3O3.C2H4O2.HNO2.Na/c1-16-11(14)10(15-20)12(18)17(13(16)19)7-8-3-5-9(21-2)6-4-8;1-15-11(14)7-12(17)16(13(15)18)8-9-3-5-10(19-2)6-4-9;1-2(3)4;2-1-3;/h3-6H,7,14H2,1-2H3;3-7H,8,14H2,1-2H3;1H3,(H,3,4);(H,2,3);/q;;;;+1/p-1. The molecule has 252 valence electrons. The predicted octanol–water partition coefficient (Wildman–Crippen LogP) is -1.88. The number of carboxylic acid groups (broad SMARTS) is 1. The molecule has 0 spiro atoms. The van der Waals surface area contributed by atoms with Gasteiger partial charge in [-0.2, -0.15) is 0 Å². The van der Waals surface area contributed by atoms with Crippen molar-refractivity contribution in [2.75, 3.05) is 25.7 Å². The van der Waals surface area contributed by atoms with Gasteiger partial charge in [0.25, 0.3) is 17.1 Å². The number of carboxylic acids is 1. The van der Waals surface area contributed by atoms with Crippen LogP contribution in [0.25, 0.3) is 0 Å². The number of benzene rings is 2. The summed E-state index contributed by atoms with van der Waals surface area (Å²) >= 11 is 0. The van der Waals surface area contributed by atoms with Crippen molar-refractivity contribution in [3.63, 3.8) is 0 Å². The Labute approximate surface area is 293 Å². The number of methoxy groups -OCH3 is 2. The van der Waals surface area contributed by atoms with E-state index in [9.17, 15) is 24.1 Å². The minimum absolute atomic E-state index is 0. The average molecular weight is 681 g/mol. The molecule has 20 heteroatoms. The largest absolute Gasteiger partial charge is 1.00 e. The Kier molecular flexibility index (Phi) is 18.2. The van der Waals surface area contributed by atoms with Crippen LogP contribution in [0.1, 0.15) is 18.1 Å². The molecule has 2 heterocycles. The molecule has 0 fully saturated rings. The number of anilines is 2. The SMILES string of the molecule is CC(=O)O.COc1ccc(Cn2c(=O)c(N=O)c(N)n(C)c2=O)cc1.COc1ccc(Cn2c(=O)cc(N)n(C)c2=O)cc1.O=N[O-].[Na+]. The molecule has 0 atom stereocenters. The molecule has 0 aliphatic carbocycles. The number of nitrogen functional groups attached to an aromatic ring is 2. The molecule has 0 unspecified atom stereocenters. The van der Waals surface area contributed by atoms with Crippen LogP contribution < -0.4 is 73.0 Å². The van der Waals surface area contributed by atoms with Crippen molar-refractivity contribution in [2.45, 2.75) is 20.0 Å². The fourth-order valence-electron chi connectivity index (χ4n) is 3.65. The fraction of sp³-hybridized carbons (Fsp3) is 0.250. The van der Waals surface area contributed by atoms with Gasteiger partial charge in [0, 0.05) is 27.1 Å². The Bertz CT molecular complexity index is 1910. The number of nitrogens with zero attached hydrogens (tertiary/aromatic N) is 6.